The SMILES string of the molecule is CC(C)C(NS(=O)(=O)c1ccc(Br)cc1Cl)c1cccs1. The summed E-state index contributed by atoms with van der Waals surface area (Å²) in [6, 6.07) is 8.31. The van der Waals surface area contributed by atoms with Crippen LogP contribution in [0.15, 0.2) is 45.1 Å². The number of benzene rings is 1. The van der Waals surface area contributed by atoms with Crippen LogP contribution in [0.5, 0.6) is 0 Å². The zero-order valence-electron chi connectivity index (χ0n) is 11.5. The van der Waals surface area contributed by atoms with E-state index in [0.29, 0.717) is 0 Å². The Bertz CT molecular complexity index is 715. The van der Waals surface area contributed by atoms with Crippen molar-refractivity contribution < 1.29 is 8.42 Å². The lowest BCUT2D eigenvalue weighted by molar-refractivity contribution is 0.469. The van der Waals surface area contributed by atoms with Gasteiger partial charge in [0.15, 0.2) is 0 Å². The molecule has 1 heterocycles. The van der Waals surface area contributed by atoms with Gasteiger partial charge in [0, 0.05) is 9.35 Å². The predicted octanol–water partition coefficient (Wildman–Crippen LogP) is 4.84. The second-order valence-corrected chi connectivity index (χ2v) is 8.92. The van der Waals surface area contributed by atoms with Crippen molar-refractivity contribution in [2.24, 2.45) is 5.92 Å². The summed E-state index contributed by atoms with van der Waals surface area (Å²) in [6.07, 6.45) is 0. The third-order valence-electron chi connectivity index (χ3n) is 2.98. The van der Waals surface area contributed by atoms with Crippen molar-refractivity contribution >= 4 is 48.9 Å². The van der Waals surface area contributed by atoms with E-state index in [2.05, 4.69) is 20.7 Å². The molecule has 0 fully saturated rings. The quantitative estimate of drug-likeness (QED) is 0.769. The van der Waals surface area contributed by atoms with Crippen molar-refractivity contribution in [2.45, 2.75) is 24.8 Å². The minimum Gasteiger partial charge on any atom is -0.207 e. The molecule has 0 amide bonds. The van der Waals surface area contributed by atoms with Crippen LogP contribution in [-0.2, 0) is 10.0 Å². The molecule has 0 aliphatic carbocycles. The van der Waals surface area contributed by atoms with Crippen LogP contribution in [0.2, 0.25) is 5.02 Å². The maximum Gasteiger partial charge on any atom is 0.242 e. The molecule has 1 N–H and O–H groups in total. The Balaban J connectivity index is 2.35. The third kappa shape index (κ3) is 4.07. The van der Waals surface area contributed by atoms with Crippen LogP contribution < -0.4 is 4.72 Å². The van der Waals surface area contributed by atoms with Gasteiger partial charge in [-0.3, -0.25) is 0 Å². The van der Waals surface area contributed by atoms with Gasteiger partial charge in [-0.2, -0.15) is 0 Å². The molecule has 3 nitrogen and oxygen atoms in total. The summed E-state index contributed by atoms with van der Waals surface area (Å²) >= 11 is 10.9. The fraction of sp³-hybridized carbons (Fsp3) is 0.286. The van der Waals surface area contributed by atoms with Crippen LogP contribution in [0.25, 0.3) is 0 Å². The largest absolute Gasteiger partial charge is 0.242 e. The van der Waals surface area contributed by atoms with E-state index in [0.717, 1.165) is 9.35 Å². The van der Waals surface area contributed by atoms with Crippen LogP contribution in [0.1, 0.15) is 24.8 Å². The molecule has 21 heavy (non-hydrogen) atoms. The maximum absolute atomic E-state index is 12.6. The van der Waals surface area contributed by atoms with Crippen molar-refractivity contribution in [3.8, 4) is 0 Å². The Kier molecular flexibility index (Phi) is 5.48. The average Bonchev–Trinajstić information content (AvgIpc) is 2.88. The van der Waals surface area contributed by atoms with Crippen LogP contribution in [-0.4, -0.2) is 8.42 Å². The summed E-state index contributed by atoms with van der Waals surface area (Å²) < 4.78 is 28.6. The van der Waals surface area contributed by atoms with Crippen LogP contribution >= 0.6 is 38.9 Å². The molecule has 1 aromatic carbocycles. The maximum atomic E-state index is 12.6. The fourth-order valence-corrected chi connectivity index (χ4v) is 5.34. The highest BCUT2D eigenvalue weighted by molar-refractivity contribution is 9.10. The predicted molar refractivity (Wildman–Crippen MR) is 91.4 cm³/mol. The van der Waals surface area contributed by atoms with E-state index in [-0.39, 0.29) is 21.9 Å². The molecule has 0 saturated carbocycles. The first kappa shape index (κ1) is 17.0. The number of sulfonamides is 1. The van der Waals surface area contributed by atoms with E-state index < -0.39 is 10.0 Å². The summed E-state index contributed by atoms with van der Waals surface area (Å²) in [4.78, 5) is 1.08. The Morgan fingerprint density at radius 3 is 2.52 bits per heavy atom. The molecular weight excluding hydrogens is 394 g/mol. The van der Waals surface area contributed by atoms with Gasteiger partial charge in [0.25, 0.3) is 0 Å². The number of hydrogen-bond donors (Lipinski definition) is 1. The smallest absolute Gasteiger partial charge is 0.207 e. The topological polar surface area (TPSA) is 46.2 Å². The van der Waals surface area contributed by atoms with Gasteiger partial charge in [-0.05, 0) is 35.6 Å². The number of rotatable bonds is 5. The second-order valence-electron chi connectivity index (χ2n) is 4.93. The summed E-state index contributed by atoms with van der Waals surface area (Å²) in [5.41, 5.74) is 0. The lowest BCUT2D eigenvalue weighted by Crippen LogP contribution is -2.31. The molecule has 0 aliphatic heterocycles. The van der Waals surface area contributed by atoms with Crippen LogP contribution in [0.4, 0.5) is 0 Å². The first-order valence-electron chi connectivity index (χ1n) is 6.32. The molecular formula is C14H15BrClNO2S2. The summed E-state index contributed by atoms with van der Waals surface area (Å²) in [6.45, 7) is 3.96. The normalized spacial score (nSPS) is 13.6. The molecule has 2 aromatic rings. The first-order chi connectivity index (χ1) is 9.81. The van der Waals surface area contributed by atoms with E-state index in [1.54, 1.807) is 12.1 Å². The molecule has 1 unspecified atom stereocenters. The molecule has 0 spiro atoms. The molecule has 2 rings (SSSR count). The van der Waals surface area contributed by atoms with E-state index in [1.807, 2.05) is 31.4 Å². The molecule has 0 aliphatic rings. The van der Waals surface area contributed by atoms with E-state index >= 15 is 0 Å². The third-order valence-corrected chi connectivity index (χ3v) is 6.35. The highest BCUT2D eigenvalue weighted by atomic mass is 79.9. The van der Waals surface area contributed by atoms with Gasteiger partial charge < -0.3 is 0 Å². The molecule has 1 atom stereocenters. The van der Waals surface area contributed by atoms with Gasteiger partial charge in [-0.15, -0.1) is 11.3 Å². The second kappa shape index (κ2) is 6.79. The van der Waals surface area contributed by atoms with Gasteiger partial charge in [0.2, 0.25) is 10.0 Å². The van der Waals surface area contributed by atoms with Crippen molar-refractivity contribution in [3.63, 3.8) is 0 Å². The van der Waals surface area contributed by atoms with Crippen molar-refractivity contribution in [1.82, 2.24) is 4.72 Å². The van der Waals surface area contributed by atoms with Crippen LogP contribution in [0, 0.1) is 5.92 Å². The molecule has 0 saturated heterocycles. The number of halogens is 2. The number of hydrogen-bond acceptors (Lipinski definition) is 3. The molecule has 0 bridgehead atoms. The molecule has 0 radical (unpaired) electrons. The minimum absolute atomic E-state index is 0.0922. The Labute approximate surface area is 142 Å². The lowest BCUT2D eigenvalue weighted by Gasteiger charge is -2.21. The van der Waals surface area contributed by atoms with Gasteiger partial charge in [-0.1, -0.05) is 47.4 Å². The van der Waals surface area contributed by atoms with Crippen molar-refractivity contribution in [2.75, 3.05) is 0 Å². The highest BCUT2D eigenvalue weighted by Gasteiger charge is 2.26. The Hall–Kier alpha value is -0.400. The van der Waals surface area contributed by atoms with Gasteiger partial charge in [0.1, 0.15) is 4.90 Å². The number of nitrogens with one attached hydrogen (secondary N) is 1. The van der Waals surface area contributed by atoms with Crippen LogP contribution in [0.3, 0.4) is 0 Å². The summed E-state index contributed by atoms with van der Waals surface area (Å²) in [5.74, 6) is 0.132. The molecule has 1 aromatic heterocycles. The average molecular weight is 409 g/mol. The van der Waals surface area contributed by atoms with Gasteiger partial charge >= 0.3 is 0 Å². The highest BCUT2D eigenvalue weighted by Crippen LogP contribution is 2.30. The monoisotopic (exact) mass is 407 g/mol. The van der Waals surface area contributed by atoms with Crippen molar-refractivity contribution in [3.05, 3.63) is 50.1 Å². The summed E-state index contributed by atoms with van der Waals surface area (Å²) in [5, 5.41) is 2.14. The van der Waals surface area contributed by atoms with E-state index in [4.69, 9.17) is 11.6 Å². The first-order valence-corrected chi connectivity index (χ1v) is 9.85. The van der Waals surface area contributed by atoms with E-state index in [1.165, 1.54) is 17.4 Å². The fourth-order valence-electron chi connectivity index (χ4n) is 1.91. The standard InChI is InChI=1S/C14H15BrClNO2S2/c1-9(2)14(12-4-3-7-20-12)17-21(18,19)13-6-5-10(15)8-11(13)16/h3-9,14,17H,1-2H3. The zero-order chi connectivity index (χ0) is 15.6. The molecule has 114 valence electrons. The van der Waals surface area contributed by atoms with E-state index in [9.17, 15) is 8.42 Å². The number of thiophene rings is 1. The summed E-state index contributed by atoms with van der Waals surface area (Å²) in [7, 11) is -3.67. The minimum atomic E-state index is -3.67. The van der Waals surface area contributed by atoms with Gasteiger partial charge in [-0.25, -0.2) is 13.1 Å². The Morgan fingerprint density at radius 1 is 1.29 bits per heavy atom. The zero-order valence-corrected chi connectivity index (χ0v) is 15.5. The lowest BCUT2D eigenvalue weighted by atomic mass is 10.0. The molecule has 7 heteroatoms. The van der Waals surface area contributed by atoms with Gasteiger partial charge in [0.05, 0.1) is 11.1 Å². The van der Waals surface area contributed by atoms with Crippen molar-refractivity contribution in [1.29, 1.82) is 0 Å². The Morgan fingerprint density at radius 2 is 2.00 bits per heavy atom.